The molecule has 1 saturated carbocycles. The first kappa shape index (κ1) is 17.2. The molecule has 24 heavy (non-hydrogen) atoms. The van der Waals surface area contributed by atoms with Gasteiger partial charge in [-0.1, -0.05) is 79.1 Å². The van der Waals surface area contributed by atoms with E-state index in [1.165, 1.54) is 48.8 Å². The molecule has 1 atom stereocenters. The molecule has 3 N–H and O–H groups in total. The number of nitrogens with zero attached hydrogens (tertiary/aromatic N) is 2. The van der Waals surface area contributed by atoms with Gasteiger partial charge in [-0.15, -0.1) is 10.2 Å². The van der Waals surface area contributed by atoms with Gasteiger partial charge in [-0.05, 0) is 18.4 Å². The summed E-state index contributed by atoms with van der Waals surface area (Å²) in [6.45, 7) is 0. The summed E-state index contributed by atoms with van der Waals surface area (Å²) in [6.07, 6.45) is 7.08. The summed E-state index contributed by atoms with van der Waals surface area (Å²) < 4.78 is 0.720. The Balaban J connectivity index is 1.74. The predicted molar refractivity (Wildman–Crippen MR) is 99.0 cm³/mol. The number of carbonyl (C=O) groups is 1. The Morgan fingerprint density at radius 1 is 1.17 bits per heavy atom. The fraction of sp³-hybridized carbons (Fsp3) is 0.471. The van der Waals surface area contributed by atoms with E-state index in [1.807, 2.05) is 30.3 Å². The van der Waals surface area contributed by atoms with Gasteiger partial charge >= 0.3 is 0 Å². The summed E-state index contributed by atoms with van der Waals surface area (Å²) in [6, 6.07) is 10.1. The van der Waals surface area contributed by atoms with Crippen LogP contribution in [0.4, 0.5) is 5.13 Å². The van der Waals surface area contributed by atoms with Crippen LogP contribution in [-0.2, 0) is 4.79 Å². The molecule has 1 amide bonds. The molecule has 2 aromatic rings. The Bertz CT molecular complexity index is 654. The summed E-state index contributed by atoms with van der Waals surface area (Å²) in [4.78, 5) is 12.9. The predicted octanol–water partition coefficient (Wildman–Crippen LogP) is 3.79. The summed E-state index contributed by atoms with van der Waals surface area (Å²) in [7, 11) is 0. The molecule has 3 rings (SSSR count). The van der Waals surface area contributed by atoms with Crippen LogP contribution in [0, 0.1) is 0 Å². The Morgan fingerprint density at radius 3 is 2.50 bits per heavy atom. The van der Waals surface area contributed by atoms with Gasteiger partial charge in [-0.25, -0.2) is 0 Å². The van der Waals surface area contributed by atoms with Gasteiger partial charge in [0.05, 0.1) is 0 Å². The Labute approximate surface area is 150 Å². The Morgan fingerprint density at radius 2 is 1.88 bits per heavy atom. The second kappa shape index (κ2) is 8.48. The number of aromatic nitrogens is 2. The fourth-order valence-electron chi connectivity index (χ4n) is 2.97. The quantitative estimate of drug-likeness (QED) is 0.625. The van der Waals surface area contributed by atoms with Crippen molar-refractivity contribution in [2.24, 2.45) is 0 Å². The van der Waals surface area contributed by atoms with Crippen molar-refractivity contribution in [3.8, 4) is 0 Å². The number of nitrogens with one attached hydrogen (secondary N) is 1. The van der Waals surface area contributed by atoms with Crippen LogP contribution in [0.1, 0.15) is 49.3 Å². The normalized spacial score (nSPS) is 17.2. The van der Waals surface area contributed by atoms with E-state index in [1.54, 1.807) is 0 Å². The highest BCUT2D eigenvalue weighted by molar-refractivity contribution is 8.01. The van der Waals surface area contributed by atoms with Crippen LogP contribution in [-0.4, -0.2) is 22.1 Å². The molecule has 1 aromatic heterocycles. The summed E-state index contributed by atoms with van der Waals surface area (Å²) in [5, 5.41) is 11.2. The molecule has 1 aliphatic rings. The van der Waals surface area contributed by atoms with E-state index in [-0.39, 0.29) is 17.2 Å². The Kier molecular flexibility index (Phi) is 6.09. The maximum absolute atomic E-state index is 12.9. The van der Waals surface area contributed by atoms with E-state index in [4.69, 9.17) is 5.73 Å². The number of carbonyl (C=O) groups excluding carboxylic acids is 1. The highest BCUT2D eigenvalue weighted by Crippen LogP contribution is 2.37. The molecule has 1 heterocycles. The minimum atomic E-state index is -0.332. The molecule has 5 nitrogen and oxygen atoms in total. The van der Waals surface area contributed by atoms with Gasteiger partial charge in [0, 0.05) is 6.04 Å². The summed E-state index contributed by atoms with van der Waals surface area (Å²) in [5.74, 6) is 0.0480. The molecule has 1 aliphatic carbocycles. The largest absolute Gasteiger partial charge is 0.374 e. The molecule has 0 spiro atoms. The number of hydrogen-bond donors (Lipinski definition) is 2. The van der Waals surface area contributed by atoms with Gasteiger partial charge < -0.3 is 11.1 Å². The molecular weight excluding hydrogens is 340 g/mol. The minimum Gasteiger partial charge on any atom is -0.374 e. The maximum Gasteiger partial charge on any atom is 0.238 e. The smallest absolute Gasteiger partial charge is 0.238 e. The first-order valence-corrected chi connectivity index (χ1v) is 10.0. The first-order chi connectivity index (χ1) is 11.7. The lowest BCUT2D eigenvalue weighted by molar-refractivity contribution is -0.121. The van der Waals surface area contributed by atoms with Crippen molar-refractivity contribution in [3.63, 3.8) is 0 Å². The van der Waals surface area contributed by atoms with Gasteiger partial charge in [-0.3, -0.25) is 4.79 Å². The van der Waals surface area contributed by atoms with E-state index in [0.29, 0.717) is 5.13 Å². The number of hydrogen-bond acceptors (Lipinski definition) is 6. The average molecular weight is 363 g/mol. The number of benzene rings is 1. The van der Waals surface area contributed by atoms with Gasteiger partial charge in [0.2, 0.25) is 11.0 Å². The third-order valence-electron chi connectivity index (χ3n) is 4.18. The van der Waals surface area contributed by atoms with Crippen molar-refractivity contribution in [2.75, 3.05) is 5.73 Å². The number of anilines is 1. The lowest BCUT2D eigenvalue weighted by Crippen LogP contribution is -2.37. The minimum absolute atomic E-state index is 0.0480. The van der Waals surface area contributed by atoms with E-state index >= 15 is 0 Å². The van der Waals surface area contributed by atoms with Crippen LogP contribution < -0.4 is 11.1 Å². The van der Waals surface area contributed by atoms with Gasteiger partial charge in [-0.2, -0.15) is 0 Å². The van der Waals surface area contributed by atoms with E-state index < -0.39 is 0 Å². The molecule has 1 fully saturated rings. The van der Waals surface area contributed by atoms with Gasteiger partial charge in [0.25, 0.3) is 0 Å². The molecule has 0 radical (unpaired) electrons. The summed E-state index contributed by atoms with van der Waals surface area (Å²) >= 11 is 2.73. The number of nitrogen functional groups attached to an aromatic ring is 1. The number of nitrogens with two attached hydrogens (primary N) is 1. The highest BCUT2D eigenvalue weighted by atomic mass is 32.2. The lowest BCUT2D eigenvalue weighted by Gasteiger charge is -2.21. The number of rotatable bonds is 5. The average Bonchev–Trinajstić information content (AvgIpc) is 2.84. The zero-order chi connectivity index (χ0) is 16.8. The van der Waals surface area contributed by atoms with Crippen molar-refractivity contribution in [3.05, 3.63) is 35.9 Å². The lowest BCUT2D eigenvalue weighted by atomic mass is 10.1. The van der Waals surface area contributed by atoms with Crippen molar-refractivity contribution >= 4 is 34.1 Å². The Hall–Kier alpha value is -1.60. The van der Waals surface area contributed by atoms with Crippen LogP contribution in [0.15, 0.2) is 34.7 Å². The van der Waals surface area contributed by atoms with Gasteiger partial charge in [0.1, 0.15) is 5.25 Å². The topological polar surface area (TPSA) is 80.9 Å². The summed E-state index contributed by atoms with van der Waals surface area (Å²) in [5.41, 5.74) is 6.64. The third kappa shape index (κ3) is 4.70. The van der Waals surface area contributed by atoms with Crippen LogP contribution in [0.2, 0.25) is 0 Å². The second-order valence-corrected chi connectivity index (χ2v) is 8.37. The monoisotopic (exact) mass is 362 g/mol. The van der Waals surface area contributed by atoms with E-state index in [0.717, 1.165) is 22.7 Å². The molecule has 0 aliphatic heterocycles. The third-order valence-corrected chi connectivity index (χ3v) is 6.27. The van der Waals surface area contributed by atoms with Gasteiger partial charge in [0.15, 0.2) is 4.34 Å². The van der Waals surface area contributed by atoms with Crippen molar-refractivity contribution in [1.29, 1.82) is 0 Å². The number of thioether (sulfide) groups is 1. The molecule has 1 aromatic carbocycles. The molecular formula is C17H22N4OS2. The van der Waals surface area contributed by atoms with E-state index in [9.17, 15) is 4.79 Å². The fourth-order valence-corrected chi connectivity index (χ4v) is 4.81. The standard InChI is InChI=1S/C17H22N4OS2/c18-16-20-21-17(24-16)23-14(12-8-4-3-5-9-12)15(22)19-13-10-6-1-2-7-11-13/h3-5,8-9,13-14H,1-2,6-7,10-11H2,(H2,18,20)(H,19,22)/t14-/m1/s1. The molecule has 0 saturated heterocycles. The van der Waals surface area contributed by atoms with Crippen molar-refractivity contribution in [1.82, 2.24) is 15.5 Å². The zero-order valence-electron chi connectivity index (χ0n) is 13.5. The second-order valence-electron chi connectivity index (χ2n) is 6.01. The van der Waals surface area contributed by atoms with Crippen molar-refractivity contribution in [2.45, 2.75) is 54.2 Å². The van der Waals surface area contributed by atoms with Crippen molar-refractivity contribution < 1.29 is 4.79 Å². The maximum atomic E-state index is 12.9. The first-order valence-electron chi connectivity index (χ1n) is 8.33. The van der Waals surface area contributed by atoms with Crippen LogP contribution >= 0.6 is 23.1 Å². The zero-order valence-corrected chi connectivity index (χ0v) is 15.1. The van der Waals surface area contributed by atoms with Crippen LogP contribution in [0.5, 0.6) is 0 Å². The molecule has 7 heteroatoms. The molecule has 0 bridgehead atoms. The molecule has 0 unspecified atom stereocenters. The molecule has 128 valence electrons. The van der Waals surface area contributed by atoms with E-state index in [2.05, 4.69) is 15.5 Å². The number of amides is 1. The highest BCUT2D eigenvalue weighted by Gasteiger charge is 2.26. The van der Waals surface area contributed by atoms with Crippen LogP contribution in [0.25, 0.3) is 0 Å². The van der Waals surface area contributed by atoms with Crippen LogP contribution in [0.3, 0.4) is 0 Å². The SMILES string of the molecule is Nc1nnc(S[C@@H](C(=O)NC2CCCCCC2)c2ccccc2)s1.